The Labute approximate surface area is 124 Å². The van der Waals surface area contributed by atoms with E-state index in [1.165, 1.54) is 6.92 Å². The first-order valence-electron chi connectivity index (χ1n) is 5.43. The predicted molar refractivity (Wildman–Crippen MR) is 69.0 cm³/mol. The molecule has 0 bridgehead atoms. The van der Waals surface area contributed by atoms with Gasteiger partial charge in [-0.25, -0.2) is 13.2 Å². The first-order chi connectivity index (χ1) is 9.36. The van der Waals surface area contributed by atoms with Crippen LogP contribution in [0.15, 0.2) is 17.0 Å². The van der Waals surface area contributed by atoms with Gasteiger partial charge in [-0.15, -0.1) is 0 Å². The van der Waals surface area contributed by atoms with Crippen molar-refractivity contribution >= 4 is 27.6 Å². The zero-order chi connectivity index (χ0) is 16.6. The van der Waals surface area contributed by atoms with E-state index < -0.39 is 33.6 Å². The summed E-state index contributed by atoms with van der Waals surface area (Å²) in [5.41, 5.74) is -0.567. The fraction of sp³-hybridized carbons (Fsp3) is 0.364. The number of halogens is 4. The molecule has 5 nitrogen and oxygen atoms in total. The van der Waals surface area contributed by atoms with Crippen LogP contribution in [0.1, 0.15) is 15.9 Å². The number of sulfonamides is 1. The highest BCUT2D eigenvalue weighted by molar-refractivity contribution is 7.89. The van der Waals surface area contributed by atoms with Crippen LogP contribution in [0.2, 0.25) is 5.02 Å². The van der Waals surface area contributed by atoms with Gasteiger partial charge in [-0.1, -0.05) is 11.6 Å². The molecule has 21 heavy (non-hydrogen) atoms. The van der Waals surface area contributed by atoms with Crippen molar-refractivity contribution in [3.05, 3.63) is 28.3 Å². The summed E-state index contributed by atoms with van der Waals surface area (Å²) in [5.74, 6) is -1.43. The molecule has 118 valence electrons. The van der Waals surface area contributed by atoms with Crippen LogP contribution in [-0.2, 0) is 10.0 Å². The molecule has 0 fully saturated rings. The number of carboxylic acids is 1. The number of rotatable bonds is 4. The van der Waals surface area contributed by atoms with Crippen LogP contribution in [-0.4, -0.2) is 43.6 Å². The maximum atomic E-state index is 12.3. The highest BCUT2D eigenvalue weighted by Crippen LogP contribution is 2.28. The maximum absolute atomic E-state index is 12.3. The summed E-state index contributed by atoms with van der Waals surface area (Å²) in [5, 5.41) is 8.76. The molecule has 0 aliphatic heterocycles. The van der Waals surface area contributed by atoms with Crippen molar-refractivity contribution in [1.29, 1.82) is 0 Å². The fourth-order valence-electron chi connectivity index (χ4n) is 1.65. The van der Waals surface area contributed by atoms with Gasteiger partial charge >= 0.3 is 12.1 Å². The summed E-state index contributed by atoms with van der Waals surface area (Å²) >= 11 is 5.64. The van der Waals surface area contributed by atoms with Gasteiger partial charge in [0.2, 0.25) is 10.0 Å². The minimum Gasteiger partial charge on any atom is -0.478 e. The summed E-state index contributed by atoms with van der Waals surface area (Å²) in [4.78, 5) is 10.4. The average molecular weight is 346 g/mol. The minimum atomic E-state index is -4.72. The van der Waals surface area contributed by atoms with Gasteiger partial charge in [0, 0.05) is 12.1 Å². The van der Waals surface area contributed by atoms with Gasteiger partial charge in [0.15, 0.2) is 0 Å². The number of carboxylic acid groups (broad SMARTS) is 1. The zero-order valence-electron chi connectivity index (χ0n) is 10.9. The summed E-state index contributed by atoms with van der Waals surface area (Å²) < 4.78 is 61.3. The average Bonchev–Trinajstić information content (AvgIpc) is 2.28. The molecule has 0 amide bonds. The van der Waals surface area contributed by atoms with Crippen LogP contribution in [0.5, 0.6) is 0 Å². The second-order valence-electron chi connectivity index (χ2n) is 4.26. The number of benzene rings is 1. The highest BCUT2D eigenvalue weighted by Gasteiger charge is 2.36. The quantitative estimate of drug-likeness (QED) is 0.910. The summed E-state index contributed by atoms with van der Waals surface area (Å²) in [7, 11) is -3.76. The van der Waals surface area contributed by atoms with E-state index in [4.69, 9.17) is 16.7 Å². The molecule has 0 saturated heterocycles. The van der Waals surface area contributed by atoms with Crippen molar-refractivity contribution in [1.82, 2.24) is 4.31 Å². The van der Waals surface area contributed by atoms with E-state index in [-0.39, 0.29) is 20.5 Å². The molecular weight excluding hydrogens is 335 g/mol. The molecule has 0 atom stereocenters. The number of nitrogens with zero attached hydrogens (tertiary/aromatic N) is 1. The number of hydrogen-bond donors (Lipinski definition) is 1. The predicted octanol–water partition coefficient (Wildman–Crippen LogP) is 2.53. The normalized spacial score (nSPS) is 12.7. The zero-order valence-corrected chi connectivity index (χ0v) is 12.5. The van der Waals surface area contributed by atoms with Crippen molar-refractivity contribution in [2.45, 2.75) is 18.0 Å². The van der Waals surface area contributed by atoms with E-state index in [1.54, 1.807) is 0 Å². The largest absolute Gasteiger partial charge is 0.478 e. The van der Waals surface area contributed by atoms with Gasteiger partial charge in [0.05, 0.1) is 10.5 Å². The van der Waals surface area contributed by atoms with Crippen LogP contribution in [0.3, 0.4) is 0 Å². The topological polar surface area (TPSA) is 74.7 Å². The number of hydrogen-bond acceptors (Lipinski definition) is 3. The van der Waals surface area contributed by atoms with E-state index in [9.17, 15) is 26.4 Å². The summed E-state index contributed by atoms with van der Waals surface area (Å²) in [6.07, 6.45) is -4.72. The lowest BCUT2D eigenvalue weighted by atomic mass is 10.1. The monoisotopic (exact) mass is 345 g/mol. The van der Waals surface area contributed by atoms with Crippen molar-refractivity contribution < 1.29 is 31.5 Å². The molecule has 0 aromatic heterocycles. The highest BCUT2D eigenvalue weighted by atomic mass is 35.5. The molecule has 0 spiro atoms. The van der Waals surface area contributed by atoms with Crippen molar-refractivity contribution in [2.75, 3.05) is 13.6 Å². The lowest BCUT2D eigenvalue weighted by Crippen LogP contribution is -2.36. The Morgan fingerprint density at radius 1 is 1.38 bits per heavy atom. The molecular formula is C11H11ClF3NO4S. The van der Waals surface area contributed by atoms with Gasteiger partial charge in [0.25, 0.3) is 0 Å². The van der Waals surface area contributed by atoms with E-state index in [0.717, 1.165) is 19.2 Å². The molecule has 0 unspecified atom stereocenters. The lowest BCUT2D eigenvalue weighted by Gasteiger charge is -2.20. The van der Waals surface area contributed by atoms with Crippen LogP contribution < -0.4 is 0 Å². The fourth-order valence-corrected chi connectivity index (χ4v) is 3.36. The van der Waals surface area contributed by atoms with Crippen molar-refractivity contribution in [3.8, 4) is 0 Å². The number of alkyl halides is 3. The van der Waals surface area contributed by atoms with E-state index in [1.807, 2.05) is 0 Å². The Morgan fingerprint density at radius 3 is 2.33 bits per heavy atom. The van der Waals surface area contributed by atoms with E-state index in [0.29, 0.717) is 0 Å². The number of carbonyl (C=O) groups is 1. The molecule has 0 aliphatic rings. The van der Waals surface area contributed by atoms with Gasteiger partial charge in [-0.2, -0.15) is 17.5 Å². The van der Waals surface area contributed by atoms with E-state index in [2.05, 4.69) is 0 Å². The van der Waals surface area contributed by atoms with Crippen LogP contribution in [0.25, 0.3) is 0 Å². The Kier molecular flexibility index (Phi) is 4.91. The molecule has 1 aromatic rings. The summed E-state index contributed by atoms with van der Waals surface area (Å²) in [6, 6.07) is 1.95. The van der Waals surface area contributed by atoms with Crippen molar-refractivity contribution in [3.63, 3.8) is 0 Å². The van der Waals surface area contributed by atoms with Gasteiger partial charge in [0.1, 0.15) is 6.54 Å². The second kappa shape index (κ2) is 5.82. The van der Waals surface area contributed by atoms with E-state index >= 15 is 0 Å². The first-order valence-corrected chi connectivity index (χ1v) is 7.24. The second-order valence-corrected chi connectivity index (χ2v) is 6.71. The molecule has 1 N–H and O–H groups in total. The Bertz CT molecular complexity index is 673. The molecule has 10 heteroatoms. The molecule has 1 aromatic carbocycles. The lowest BCUT2D eigenvalue weighted by molar-refractivity contribution is -0.134. The number of aromatic carboxylic acids is 1. The Balaban J connectivity index is 3.42. The molecule has 0 heterocycles. The standard InChI is InChI=1S/C11H11ClF3NO4S/c1-6-8(10(17)18)3-7(12)4-9(6)21(19,20)16(2)5-11(13,14)15/h3-4H,5H2,1-2H3,(H,17,18). The third-order valence-electron chi connectivity index (χ3n) is 2.65. The maximum Gasteiger partial charge on any atom is 0.402 e. The molecule has 0 saturated carbocycles. The third-order valence-corrected chi connectivity index (χ3v) is 4.79. The SMILES string of the molecule is Cc1c(C(=O)O)cc(Cl)cc1S(=O)(=O)N(C)CC(F)(F)F. The van der Waals surface area contributed by atoms with Gasteiger partial charge in [-0.05, 0) is 24.6 Å². The van der Waals surface area contributed by atoms with Crippen LogP contribution in [0.4, 0.5) is 13.2 Å². The first kappa shape index (κ1) is 17.7. The van der Waals surface area contributed by atoms with Crippen LogP contribution in [0, 0.1) is 6.92 Å². The molecule has 0 aliphatic carbocycles. The van der Waals surface area contributed by atoms with Gasteiger partial charge in [-0.3, -0.25) is 0 Å². The Morgan fingerprint density at radius 2 is 1.90 bits per heavy atom. The smallest absolute Gasteiger partial charge is 0.402 e. The Hall–Kier alpha value is -1.32. The van der Waals surface area contributed by atoms with Crippen molar-refractivity contribution in [2.24, 2.45) is 0 Å². The third kappa shape index (κ3) is 4.08. The molecule has 1 rings (SSSR count). The van der Waals surface area contributed by atoms with Crippen LogP contribution >= 0.6 is 11.6 Å². The summed E-state index contributed by atoms with van der Waals surface area (Å²) in [6.45, 7) is -0.502. The molecule has 0 radical (unpaired) electrons. The van der Waals surface area contributed by atoms with Gasteiger partial charge < -0.3 is 5.11 Å². The minimum absolute atomic E-state index is 0.0945.